The molecule has 158 valence electrons. The van der Waals surface area contributed by atoms with E-state index in [0.29, 0.717) is 16.4 Å². The van der Waals surface area contributed by atoms with Gasteiger partial charge in [-0.15, -0.1) is 11.8 Å². The minimum atomic E-state index is -3.68. The van der Waals surface area contributed by atoms with Crippen molar-refractivity contribution >= 4 is 38.2 Å². The van der Waals surface area contributed by atoms with Gasteiger partial charge < -0.3 is 10.2 Å². The summed E-state index contributed by atoms with van der Waals surface area (Å²) in [6.45, 7) is 7.69. The first-order valence-electron chi connectivity index (χ1n) is 9.81. The van der Waals surface area contributed by atoms with E-state index in [1.54, 1.807) is 22.9 Å². The Morgan fingerprint density at radius 2 is 2.00 bits per heavy atom. The fraction of sp³-hybridized carbons (Fsp3) is 0.579. The zero-order valence-electron chi connectivity index (χ0n) is 17.2. The van der Waals surface area contributed by atoms with Crippen LogP contribution in [0, 0.1) is 5.41 Å². The highest BCUT2D eigenvalue weighted by Crippen LogP contribution is 2.36. The summed E-state index contributed by atoms with van der Waals surface area (Å²) in [6.07, 6.45) is 6.77. The Morgan fingerprint density at radius 1 is 1.34 bits per heavy atom. The maximum atomic E-state index is 13.1. The monoisotopic (exact) mass is 436 g/mol. The van der Waals surface area contributed by atoms with E-state index in [0.717, 1.165) is 31.6 Å². The smallest absolute Gasteiger partial charge is 0.242 e. The number of aromatic nitrogens is 2. The van der Waals surface area contributed by atoms with Crippen molar-refractivity contribution < 1.29 is 8.42 Å². The molecule has 1 aliphatic carbocycles. The van der Waals surface area contributed by atoms with Crippen LogP contribution in [0.5, 0.6) is 0 Å². The van der Waals surface area contributed by atoms with Crippen molar-refractivity contribution in [1.29, 1.82) is 5.41 Å². The van der Waals surface area contributed by atoms with Gasteiger partial charge in [0.1, 0.15) is 9.94 Å². The van der Waals surface area contributed by atoms with Gasteiger partial charge in [0, 0.05) is 36.9 Å². The van der Waals surface area contributed by atoms with Gasteiger partial charge in [-0.25, -0.2) is 18.1 Å². The third-order valence-corrected chi connectivity index (χ3v) is 7.81. The predicted octanol–water partition coefficient (Wildman–Crippen LogP) is 2.04. The van der Waals surface area contributed by atoms with Crippen molar-refractivity contribution in [2.24, 2.45) is 0 Å². The van der Waals surface area contributed by atoms with Gasteiger partial charge in [-0.05, 0) is 45.9 Å². The number of nitrogens with zero attached hydrogens (tertiary/aromatic N) is 3. The van der Waals surface area contributed by atoms with Crippen LogP contribution in [0.25, 0.3) is 5.65 Å². The molecule has 1 aliphatic heterocycles. The Morgan fingerprint density at radius 3 is 2.59 bits per heavy atom. The number of piperazine rings is 1. The van der Waals surface area contributed by atoms with E-state index in [1.165, 1.54) is 11.8 Å². The number of sulfonamides is 1. The molecule has 0 bridgehead atoms. The standard InChI is InChI=1S/C19H28N6O2S2/c1-12-9-24(10-13(2)22-12)15-7-14(29(26,27)23-19(3)5-6-19)11-25-16(17(20)28-4)8-21-18(15)25/h7-8,11-13,20,22-23H,5-6,9-10H2,1-4H3/t12-,13-/m0/s1. The molecular weight excluding hydrogens is 408 g/mol. The summed E-state index contributed by atoms with van der Waals surface area (Å²) in [5.74, 6) is 0. The zero-order valence-corrected chi connectivity index (χ0v) is 18.8. The molecule has 0 unspecified atom stereocenters. The zero-order chi connectivity index (χ0) is 21.0. The molecule has 0 amide bonds. The Bertz CT molecular complexity index is 1050. The van der Waals surface area contributed by atoms with Crippen LogP contribution in [0.2, 0.25) is 0 Å². The number of fused-ring (bicyclic) bond motifs is 1. The number of hydrogen-bond donors (Lipinski definition) is 3. The second kappa shape index (κ2) is 7.26. The molecule has 29 heavy (non-hydrogen) atoms. The molecule has 2 aromatic rings. The van der Waals surface area contributed by atoms with Crippen molar-refractivity contribution in [3.05, 3.63) is 24.2 Å². The lowest BCUT2D eigenvalue weighted by Crippen LogP contribution is -2.54. The molecule has 0 aromatic carbocycles. The van der Waals surface area contributed by atoms with Crippen molar-refractivity contribution in [1.82, 2.24) is 19.4 Å². The Labute approximate surface area is 176 Å². The van der Waals surface area contributed by atoms with E-state index in [9.17, 15) is 8.42 Å². The first-order chi connectivity index (χ1) is 13.6. The van der Waals surface area contributed by atoms with E-state index in [-0.39, 0.29) is 22.5 Å². The Balaban J connectivity index is 1.87. The second-order valence-electron chi connectivity index (χ2n) is 8.47. The third-order valence-electron chi connectivity index (χ3n) is 5.59. The van der Waals surface area contributed by atoms with Crippen LogP contribution in [0.4, 0.5) is 5.69 Å². The topological polar surface area (TPSA) is 103 Å². The van der Waals surface area contributed by atoms with Gasteiger partial charge in [0.2, 0.25) is 10.0 Å². The second-order valence-corrected chi connectivity index (χ2v) is 11.0. The molecule has 4 rings (SSSR count). The summed E-state index contributed by atoms with van der Waals surface area (Å²) in [5.41, 5.74) is 1.71. The summed E-state index contributed by atoms with van der Waals surface area (Å²) < 4.78 is 30.9. The molecule has 0 radical (unpaired) electrons. The SMILES string of the molecule is CSC(=N)c1cnc2c(N3C[C@H](C)N[C@@H](C)C3)cc(S(=O)(=O)NC3(C)CC3)cn12. The molecule has 0 spiro atoms. The van der Waals surface area contributed by atoms with Gasteiger partial charge in [0.15, 0.2) is 5.65 Å². The molecule has 2 aliphatic rings. The molecule has 3 heterocycles. The third kappa shape index (κ3) is 4.03. The molecule has 3 N–H and O–H groups in total. The largest absolute Gasteiger partial charge is 0.365 e. The van der Waals surface area contributed by atoms with Crippen molar-refractivity contribution in [2.75, 3.05) is 24.2 Å². The predicted molar refractivity (Wildman–Crippen MR) is 118 cm³/mol. The summed E-state index contributed by atoms with van der Waals surface area (Å²) >= 11 is 1.31. The van der Waals surface area contributed by atoms with E-state index >= 15 is 0 Å². The van der Waals surface area contributed by atoms with Gasteiger partial charge >= 0.3 is 0 Å². The van der Waals surface area contributed by atoms with Gasteiger partial charge in [-0.2, -0.15) is 0 Å². The minimum Gasteiger partial charge on any atom is -0.365 e. The van der Waals surface area contributed by atoms with Gasteiger partial charge in [0.25, 0.3) is 0 Å². The minimum absolute atomic E-state index is 0.208. The average Bonchev–Trinajstić information content (AvgIpc) is 3.20. The van der Waals surface area contributed by atoms with Gasteiger partial charge in [-0.1, -0.05) is 0 Å². The molecule has 2 aromatic heterocycles. The molecule has 2 atom stereocenters. The number of thioether (sulfide) groups is 1. The van der Waals surface area contributed by atoms with E-state index in [1.807, 2.05) is 13.2 Å². The van der Waals surface area contributed by atoms with Crippen LogP contribution in [0.3, 0.4) is 0 Å². The highest BCUT2D eigenvalue weighted by molar-refractivity contribution is 8.13. The highest BCUT2D eigenvalue weighted by Gasteiger charge is 2.41. The summed E-state index contributed by atoms with van der Waals surface area (Å²) in [5, 5.41) is 12.1. The Kier molecular flexibility index (Phi) is 5.17. The highest BCUT2D eigenvalue weighted by atomic mass is 32.2. The van der Waals surface area contributed by atoms with Crippen LogP contribution in [0.1, 0.15) is 39.3 Å². The number of nitrogens with one attached hydrogen (secondary N) is 3. The molecule has 1 saturated heterocycles. The van der Waals surface area contributed by atoms with Crippen LogP contribution < -0.4 is 14.9 Å². The summed E-state index contributed by atoms with van der Waals surface area (Å²) in [6, 6.07) is 2.29. The van der Waals surface area contributed by atoms with E-state index in [2.05, 4.69) is 33.8 Å². The molecule has 10 heteroatoms. The van der Waals surface area contributed by atoms with E-state index in [4.69, 9.17) is 5.41 Å². The normalized spacial score (nSPS) is 24.1. The fourth-order valence-electron chi connectivity index (χ4n) is 3.89. The fourth-order valence-corrected chi connectivity index (χ4v) is 5.74. The molecular formula is C19H28N6O2S2. The number of imidazole rings is 1. The maximum absolute atomic E-state index is 13.1. The first-order valence-corrected chi connectivity index (χ1v) is 12.5. The number of hydrogen-bond acceptors (Lipinski definition) is 7. The molecule has 8 nitrogen and oxygen atoms in total. The number of anilines is 1. The average molecular weight is 437 g/mol. The lowest BCUT2D eigenvalue weighted by Gasteiger charge is -2.37. The van der Waals surface area contributed by atoms with Gasteiger partial charge in [-0.3, -0.25) is 9.81 Å². The van der Waals surface area contributed by atoms with E-state index < -0.39 is 10.0 Å². The van der Waals surface area contributed by atoms with Crippen molar-refractivity contribution in [3.8, 4) is 0 Å². The lowest BCUT2D eigenvalue weighted by molar-refractivity contribution is 0.407. The van der Waals surface area contributed by atoms with Crippen LogP contribution >= 0.6 is 11.8 Å². The molecule has 1 saturated carbocycles. The number of rotatable bonds is 5. The van der Waals surface area contributed by atoms with Crippen molar-refractivity contribution in [3.63, 3.8) is 0 Å². The summed E-state index contributed by atoms with van der Waals surface area (Å²) in [4.78, 5) is 6.96. The first kappa shape index (κ1) is 20.6. The van der Waals surface area contributed by atoms with Crippen LogP contribution in [-0.4, -0.2) is 59.8 Å². The summed E-state index contributed by atoms with van der Waals surface area (Å²) in [7, 11) is -3.68. The molecule has 2 fully saturated rings. The van der Waals surface area contributed by atoms with Crippen molar-refractivity contribution in [2.45, 2.75) is 56.1 Å². The van der Waals surface area contributed by atoms with Crippen LogP contribution in [-0.2, 0) is 10.0 Å². The van der Waals surface area contributed by atoms with Gasteiger partial charge in [0.05, 0.1) is 17.6 Å². The quantitative estimate of drug-likeness (QED) is 0.490. The Hall–Kier alpha value is -1.62. The number of pyridine rings is 1. The maximum Gasteiger partial charge on any atom is 0.242 e. The lowest BCUT2D eigenvalue weighted by atomic mass is 10.1. The van der Waals surface area contributed by atoms with Crippen LogP contribution in [0.15, 0.2) is 23.4 Å².